The number of halogens is 1. The van der Waals surface area contributed by atoms with Gasteiger partial charge in [-0.15, -0.1) is 0 Å². The number of hydrogen-bond donors (Lipinski definition) is 2. The molecule has 2 aromatic rings. The predicted molar refractivity (Wildman–Crippen MR) is 89.7 cm³/mol. The van der Waals surface area contributed by atoms with E-state index in [-0.39, 0.29) is 22.4 Å². The fourth-order valence-corrected chi connectivity index (χ4v) is 2.67. The maximum absolute atomic E-state index is 12.1. The van der Waals surface area contributed by atoms with Crippen LogP contribution in [0.1, 0.15) is 13.3 Å². The lowest BCUT2D eigenvalue weighted by Crippen LogP contribution is -2.41. The molecule has 0 spiro atoms. The molecule has 11 heteroatoms. The summed E-state index contributed by atoms with van der Waals surface area (Å²) in [5.74, 6) is -0.600. The van der Waals surface area contributed by atoms with Crippen LogP contribution >= 0.6 is 15.9 Å². The first kappa shape index (κ1) is 17.9. The Kier molecular flexibility index (Phi) is 5.22. The van der Waals surface area contributed by atoms with Gasteiger partial charge in [-0.05, 0) is 22.4 Å². The molecular formula is C13H17BrN6O4. The first-order valence-electron chi connectivity index (χ1n) is 7.17. The smallest absolute Gasteiger partial charge is 0.332 e. The van der Waals surface area contributed by atoms with Crippen molar-refractivity contribution in [2.75, 3.05) is 6.54 Å². The number of rotatable bonds is 4. The summed E-state index contributed by atoms with van der Waals surface area (Å²) in [6, 6.07) is -0.604. The van der Waals surface area contributed by atoms with Crippen LogP contribution in [0.15, 0.2) is 14.3 Å². The highest BCUT2D eigenvalue weighted by Gasteiger charge is 2.19. The fourth-order valence-electron chi connectivity index (χ4n) is 2.20. The number of carbonyl (C=O) groups is 2. The summed E-state index contributed by atoms with van der Waals surface area (Å²) in [5.41, 5.74) is -0.857. The SMILES string of the molecule is CCCNC(=O)NC(=O)Cn1c(Br)nc2c(=O)n(C)c(=O)n(C)c21. The Morgan fingerprint density at radius 1 is 1.21 bits per heavy atom. The van der Waals surface area contributed by atoms with Crippen LogP contribution in [0.5, 0.6) is 0 Å². The van der Waals surface area contributed by atoms with Gasteiger partial charge in [0.15, 0.2) is 15.9 Å². The van der Waals surface area contributed by atoms with Gasteiger partial charge in [-0.3, -0.25) is 28.6 Å². The molecule has 0 saturated heterocycles. The van der Waals surface area contributed by atoms with Crippen LogP contribution in [0, 0.1) is 0 Å². The Balaban J connectivity index is 2.38. The first-order chi connectivity index (χ1) is 11.3. The summed E-state index contributed by atoms with van der Waals surface area (Å²) in [7, 11) is 2.82. The molecule has 0 aliphatic carbocycles. The van der Waals surface area contributed by atoms with Gasteiger partial charge in [-0.25, -0.2) is 14.6 Å². The van der Waals surface area contributed by atoms with Gasteiger partial charge in [0.2, 0.25) is 5.91 Å². The average Bonchev–Trinajstić information content (AvgIpc) is 2.85. The molecule has 10 nitrogen and oxygen atoms in total. The number of urea groups is 1. The van der Waals surface area contributed by atoms with E-state index in [2.05, 4.69) is 31.5 Å². The zero-order chi connectivity index (χ0) is 18.0. The van der Waals surface area contributed by atoms with Crippen molar-refractivity contribution in [3.8, 4) is 0 Å². The molecule has 3 amide bonds. The summed E-state index contributed by atoms with van der Waals surface area (Å²) >= 11 is 3.17. The predicted octanol–water partition coefficient (Wildman–Crippen LogP) is -0.568. The number of fused-ring (bicyclic) bond motifs is 1. The lowest BCUT2D eigenvalue weighted by Gasteiger charge is -2.10. The minimum atomic E-state index is -0.604. The van der Waals surface area contributed by atoms with Crippen molar-refractivity contribution in [3.05, 3.63) is 25.6 Å². The van der Waals surface area contributed by atoms with Crippen LogP contribution in [0.2, 0.25) is 0 Å². The van der Waals surface area contributed by atoms with E-state index < -0.39 is 23.2 Å². The number of carbonyl (C=O) groups excluding carboxylic acids is 2. The van der Waals surface area contributed by atoms with E-state index in [1.54, 1.807) is 0 Å². The van der Waals surface area contributed by atoms with Gasteiger partial charge < -0.3 is 5.32 Å². The third-order valence-electron chi connectivity index (χ3n) is 3.38. The Morgan fingerprint density at radius 2 is 1.88 bits per heavy atom. The summed E-state index contributed by atoms with van der Waals surface area (Å²) in [5, 5.41) is 4.69. The van der Waals surface area contributed by atoms with E-state index in [9.17, 15) is 19.2 Å². The highest BCUT2D eigenvalue weighted by molar-refractivity contribution is 9.10. The summed E-state index contributed by atoms with van der Waals surface area (Å²) in [6.07, 6.45) is 0.741. The number of amides is 3. The first-order valence-corrected chi connectivity index (χ1v) is 7.96. The molecular weight excluding hydrogens is 384 g/mol. The zero-order valence-corrected chi connectivity index (χ0v) is 15.0. The van der Waals surface area contributed by atoms with Crippen LogP contribution in [0.4, 0.5) is 4.79 Å². The van der Waals surface area contributed by atoms with E-state index >= 15 is 0 Å². The van der Waals surface area contributed by atoms with Crippen molar-refractivity contribution in [2.24, 2.45) is 14.1 Å². The number of hydrogen-bond acceptors (Lipinski definition) is 5. The van der Waals surface area contributed by atoms with E-state index in [1.165, 1.54) is 23.2 Å². The standard InChI is InChI=1S/C13H17BrN6O4/c1-4-5-15-12(23)16-7(21)6-20-9-8(17-11(20)14)10(22)19(3)13(24)18(9)2/h4-6H2,1-3H3,(H2,15,16,21,23). The lowest BCUT2D eigenvalue weighted by molar-refractivity contribution is -0.120. The van der Waals surface area contributed by atoms with Crippen LogP contribution < -0.4 is 21.9 Å². The third kappa shape index (κ3) is 3.25. The molecule has 0 fully saturated rings. The molecule has 24 heavy (non-hydrogen) atoms. The average molecular weight is 401 g/mol. The Bertz CT molecular complexity index is 925. The van der Waals surface area contributed by atoms with Crippen LogP contribution in [0.3, 0.4) is 0 Å². The Morgan fingerprint density at radius 3 is 2.50 bits per heavy atom. The molecule has 0 aliphatic heterocycles. The molecule has 0 unspecified atom stereocenters. The van der Waals surface area contributed by atoms with Gasteiger partial charge in [0.1, 0.15) is 6.54 Å². The number of nitrogens with one attached hydrogen (secondary N) is 2. The lowest BCUT2D eigenvalue weighted by atomic mass is 10.5. The largest absolute Gasteiger partial charge is 0.338 e. The summed E-state index contributed by atoms with van der Waals surface area (Å²) < 4.78 is 3.71. The van der Waals surface area contributed by atoms with Crippen molar-refractivity contribution in [3.63, 3.8) is 0 Å². The minimum absolute atomic E-state index is 0.0507. The number of aryl methyl sites for hydroxylation is 1. The van der Waals surface area contributed by atoms with E-state index in [4.69, 9.17) is 0 Å². The molecule has 0 bridgehead atoms. The molecule has 0 atom stereocenters. The maximum Gasteiger partial charge on any atom is 0.332 e. The molecule has 2 N–H and O–H groups in total. The summed E-state index contributed by atoms with van der Waals surface area (Å²) in [4.78, 5) is 51.8. The second-order valence-corrected chi connectivity index (χ2v) is 5.86. The van der Waals surface area contributed by atoms with Crippen LogP contribution in [-0.4, -0.2) is 37.2 Å². The number of nitrogens with zero attached hydrogens (tertiary/aromatic N) is 4. The molecule has 0 aliphatic rings. The minimum Gasteiger partial charge on any atom is -0.338 e. The van der Waals surface area contributed by atoms with Crippen molar-refractivity contribution in [1.82, 2.24) is 29.3 Å². The monoisotopic (exact) mass is 400 g/mol. The van der Waals surface area contributed by atoms with Crippen molar-refractivity contribution in [2.45, 2.75) is 19.9 Å². The van der Waals surface area contributed by atoms with Crippen molar-refractivity contribution in [1.29, 1.82) is 0 Å². The second-order valence-electron chi connectivity index (χ2n) is 5.15. The molecule has 0 radical (unpaired) electrons. The van der Waals surface area contributed by atoms with Gasteiger partial charge in [0.05, 0.1) is 0 Å². The highest BCUT2D eigenvalue weighted by Crippen LogP contribution is 2.16. The highest BCUT2D eigenvalue weighted by atomic mass is 79.9. The van der Waals surface area contributed by atoms with Gasteiger partial charge in [0.25, 0.3) is 5.56 Å². The van der Waals surface area contributed by atoms with Crippen molar-refractivity contribution >= 4 is 39.0 Å². The van der Waals surface area contributed by atoms with Crippen LogP contribution in [-0.2, 0) is 25.4 Å². The van der Waals surface area contributed by atoms with Gasteiger partial charge in [0, 0.05) is 20.6 Å². The zero-order valence-electron chi connectivity index (χ0n) is 13.4. The second kappa shape index (κ2) is 6.99. The van der Waals surface area contributed by atoms with Gasteiger partial charge >= 0.3 is 11.7 Å². The van der Waals surface area contributed by atoms with Crippen molar-refractivity contribution < 1.29 is 9.59 Å². The molecule has 2 aromatic heterocycles. The molecule has 0 saturated carbocycles. The normalized spacial score (nSPS) is 10.8. The number of imide groups is 1. The maximum atomic E-state index is 12.1. The Labute approximate surface area is 144 Å². The topological polar surface area (TPSA) is 120 Å². The molecule has 2 rings (SSSR count). The fraction of sp³-hybridized carbons (Fsp3) is 0.462. The van der Waals surface area contributed by atoms with E-state index in [0.717, 1.165) is 11.0 Å². The third-order valence-corrected chi connectivity index (χ3v) is 3.99. The Hall–Kier alpha value is -2.43. The number of imidazole rings is 1. The molecule has 2 heterocycles. The van der Waals surface area contributed by atoms with Crippen LogP contribution in [0.25, 0.3) is 11.2 Å². The van der Waals surface area contributed by atoms with E-state index in [0.29, 0.717) is 6.54 Å². The quantitative estimate of drug-likeness (QED) is 0.665. The molecule has 130 valence electrons. The van der Waals surface area contributed by atoms with E-state index in [1.807, 2.05) is 6.92 Å². The van der Waals surface area contributed by atoms with Gasteiger partial charge in [-0.2, -0.15) is 0 Å². The summed E-state index contributed by atoms with van der Waals surface area (Å²) in [6.45, 7) is 2.05. The van der Waals surface area contributed by atoms with Gasteiger partial charge in [-0.1, -0.05) is 6.92 Å². The molecule has 0 aromatic carbocycles. The number of aromatic nitrogens is 4.